The molecule has 4 nitrogen and oxygen atoms in total. The molecule has 4 heteroatoms. The molecule has 0 bridgehead atoms. The minimum Gasteiger partial charge on any atom is -0.314 e. The zero-order valence-corrected chi connectivity index (χ0v) is 10.7. The van der Waals surface area contributed by atoms with Gasteiger partial charge in [-0.15, -0.1) is 0 Å². The van der Waals surface area contributed by atoms with Crippen LogP contribution in [0.15, 0.2) is 24.5 Å². The second kappa shape index (κ2) is 6.10. The van der Waals surface area contributed by atoms with Gasteiger partial charge < -0.3 is 10.6 Å². The summed E-state index contributed by atoms with van der Waals surface area (Å²) in [5.74, 6) is 0. The molecule has 1 saturated heterocycles. The molecule has 2 rings (SSSR count). The Balaban J connectivity index is 2.07. The van der Waals surface area contributed by atoms with Gasteiger partial charge in [-0.25, -0.2) is 0 Å². The van der Waals surface area contributed by atoms with Crippen LogP contribution in [-0.4, -0.2) is 49.2 Å². The lowest BCUT2D eigenvalue weighted by Crippen LogP contribution is -2.51. The first kappa shape index (κ1) is 12.5. The van der Waals surface area contributed by atoms with Crippen LogP contribution in [0.2, 0.25) is 0 Å². The topological polar surface area (TPSA) is 40.2 Å². The summed E-state index contributed by atoms with van der Waals surface area (Å²) >= 11 is 0. The number of nitrogens with one attached hydrogen (secondary N) is 2. The molecule has 2 heterocycles. The Bertz CT molecular complexity index is 321. The van der Waals surface area contributed by atoms with E-state index in [9.17, 15) is 0 Å². The fraction of sp³-hybridized carbons (Fsp3) is 0.615. The zero-order chi connectivity index (χ0) is 12.1. The number of pyridine rings is 1. The molecule has 0 aromatic carbocycles. The third-order valence-corrected chi connectivity index (χ3v) is 3.56. The van der Waals surface area contributed by atoms with Crippen molar-refractivity contribution in [2.45, 2.75) is 19.0 Å². The van der Waals surface area contributed by atoms with Crippen molar-refractivity contribution in [1.29, 1.82) is 0 Å². The molecular formula is C13H22N4. The first-order chi connectivity index (χ1) is 8.33. The van der Waals surface area contributed by atoms with Crippen molar-refractivity contribution >= 4 is 0 Å². The molecule has 1 fully saturated rings. The molecule has 0 amide bonds. The van der Waals surface area contributed by atoms with Crippen molar-refractivity contribution < 1.29 is 0 Å². The minimum atomic E-state index is 0.349. The van der Waals surface area contributed by atoms with E-state index in [2.05, 4.69) is 33.5 Å². The fourth-order valence-corrected chi connectivity index (χ4v) is 2.55. The van der Waals surface area contributed by atoms with Gasteiger partial charge in [-0.1, -0.05) is 6.07 Å². The lowest BCUT2D eigenvalue weighted by molar-refractivity contribution is 0.153. The highest BCUT2D eigenvalue weighted by Gasteiger charge is 2.24. The van der Waals surface area contributed by atoms with Crippen molar-refractivity contribution in [1.82, 2.24) is 20.5 Å². The van der Waals surface area contributed by atoms with Gasteiger partial charge in [-0.05, 0) is 25.6 Å². The van der Waals surface area contributed by atoms with Crippen LogP contribution >= 0.6 is 0 Å². The molecule has 1 aromatic rings. The number of likely N-dealkylation sites (N-methyl/N-ethyl adjacent to an activating group) is 1. The van der Waals surface area contributed by atoms with Gasteiger partial charge in [0.1, 0.15) is 0 Å². The summed E-state index contributed by atoms with van der Waals surface area (Å²) < 4.78 is 0. The Morgan fingerprint density at radius 2 is 2.18 bits per heavy atom. The number of hydrogen-bond acceptors (Lipinski definition) is 4. The molecule has 1 aliphatic heterocycles. The third kappa shape index (κ3) is 3.03. The summed E-state index contributed by atoms with van der Waals surface area (Å²) in [4.78, 5) is 6.74. The van der Waals surface area contributed by atoms with Gasteiger partial charge in [0, 0.05) is 50.7 Å². The van der Waals surface area contributed by atoms with Crippen LogP contribution in [0.4, 0.5) is 0 Å². The molecule has 2 unspecified atom stereocenters. The van der Waals surface area contributed by atoms with Crippen LogP contribution in [0.3, 0.4) is 0 Å². The third-order valence-electron chi connectivity index (χ3n) is 3.56. The van der Waals surface area contributed by atoms with E-state index >= 15 is 0 Å². The second-order valence-electron chi connectivity index (χ2n) is 4.58. The van der Waals surface area contributed by atoms with E-state index in [-0.39, 0.29) is 0 Å². The highest BCUT2D eigenvalue weighted by Crippen LogP contribution is 2.20. The first-order valence-electron chi connectivity index (χ1n) is 6.35. The van der Waals surface area contributed by atoms with Crippen molar-refractivity contribution in [3.63, 3.8) is 0 Å². The highest BCUT2D eigenvalue weighted by molar-refractivity contribution is 5.16. The van der Waals surface area contributed by atoms with Gasteiger partial charge in [0.15, 0.2) is 0 Å². The Morgan fingerprint density at radius 1 is 1.41 bits per heavy atom. The Labute approximate surface area is 103 Å². The summed E-state index contributed by atoms with van der Waals surface area (Å²) in [5, 5.41) is 6.81. The lowest BCUT2D eigenvalue weighted by atomic mass is 10.0. The van der Waals surface area contributed by atoms with Gasteiger partial charge in [-0.3, -0.25) is 9.88 Å². The molecule has 94 valence electrons. The van der Waals surface area contributed by atoms with Gasteiger partial charge in [-0.2, -0.15) is 0 Å². The van der Waals surface area contributed by atoms with Crippen molar-refractivity contribution in [3.8, 4) is 0 Å². The molecule has 0 aliphatic carbocycles. The number of rotatable bonds is 4. The molecule has 0 radical (unpaired) electrons. The summed E-state index contributed by atoms with van der Waals surface area (Å²) in [6.07, 6.45) is 3.78. The normalized spacial score (nSPS) is 21.1. The van der Waals surface area contributed by atoms with E-state index in [4.69, 9.17) is 0 Å². The van der Waals surface area contributed by atoms with Crippen LogP contribution < -0.4 is 10.6 Å². The predicted octanol–water partition coefficient (Wildman–Crippen LogP) is 0.636. The largest absolute Gasteiger partial charge is 0.314 e. The van der Waals surface area contributed by atoms with Crippen molar-refractivity contribution in [2.75, 3.05) is 33.2 Å². The molecule has 1 aliphatic rings. The van der Waals surface area contributed by atoms with Crippen LogP contribution in [0.5, 0.6) is 0 Å². The van der Waals surface area contributed by atoms with E-state index in [1.807, 2.05) is 25.5 Å². The average Bonchev–Trinajstić information content (AvgIpc) is 2.42. The van der Waals surface area contributed by atoms with E-state index in [0.29, 0.717) is 12.1 Å². The van der Waals surface area contributed by atoms with Gasteiger partial charge in [0.25, 0.3) is 0 Å². The quantitative estimate of drug-likeness (QED) is 0.802. The van der Waals surface area contributed by atoms with Gasteiger partial charge >= 0.3 is 0 Å². The van der Waals surface area contributed by atoms with Crippen LogP contribution in [-0.2, 0) is 0 Å². The van der Waals surface area contributed by atoms with Gasteiger partial charge in [0.2, 0.25) is 0 Å². The van der Waals surface area contributed by atoms with E-state index in [1.54, 1.807) is 0 Å². The number of nitrogens with zero attached hydrogens (tertiary/aromatic N) is 2. The maximum Gasteiger partial charge on any atom is 0.0488 e. The Morgan fingerprint density at radius 3 is 2.76 bits per heavy atom. The average molecular weight is 234 g/mol. The fourth-order valence-electron chi connectivity index (χ4n) is 2.55. The summed E-state index contributed by atoms with van der Waals surface area (Å²) in [6, 6.07) is 4.99. The summed E-state index contributed by atoms with van der Waals surface area (Å²) in [6.45, 7) is 6.72. The molecule has 0 saturated carbocycles. The maximum atomic E-state index is 4.21. The summed E-state index contributed by atoms with van der Waals surface area (Å²) in [7, 11) is 2.02. The second-order valence-corrected chi connectivity index (χ2v) is 4.58. The standard InChI is InChI=1S/C13H22N4/c1-11(17-8-6-15-7-9-17)13(14-2)12-4-3-5-16-10-12/h3-5,10-11,13-15H,6-9H2,1-2H3. The first-order valence-corrected chi connectivity index (χ1v) is 6.35. The predicted molar refractivity (Wildman–Crippen MR) is 69.9 cm³/mol. The van der Waals surface area contributed by atoms with E-state index in [1.165, 1.54) is 5.56 Å². The van der Waals surface area contributed by atoms with E-state index < -0.39 is 0 Å². The Kier molecular flexibility index (Phi) is 4.48. The molecule has 1 aromatic heterocycles. The van der Waals surface area contributed by atoms with Crippen LogP contribution in [0, 0.1) is 0 Å². The molecule has 2 atom stereocenters. The van der Waals surface area contributed by atoms with Crippen LogP contribution in [0.25, 0.3) is 0 Å². The molecular weight excluding hydrogens is 212 g/mol. The van der Waals surface area contributed by atoms with Crippen LogP contribution in [0.1, 0.15) is 18.5 Å². The number of aromatic nitrogens is 1. The molecule has 17 heavy (non-hydrogen) atoms. The smallest absolute Gasteiger partial charge is 0.0488 e. The van der Waals surface area contributed by atoms with E-state index in [0.717, 1.165) is 26.2 Å². The zero-order valence-electron chi connectivity index (χ0n) is 10.7. The number of piperazine rings is 1. The summed E-state index contributed by atoms with van der Waals surface area (Å²) in [5.41, 5.74) is 1.26. The number of hydrogen-bond donors (Lipinski definition) is 2. The monoisotopic (exact) mass is 234 g/mol. The van der Waals surface area contributed by atoms with Gasteiger partial charge in [0.05, 0.1) is 0 Å². The van der Waals surface area contributed by atoms with Crippen molar-refractivity contribution in [3.05, 3.63) is 30.1 Å². The Hall–Kier alpha value is -0.970. The maximum absolute atomic E-state index is 4.21. The minimum absolute atomic E-state index is 0.349. The molecule has 0 spiro atoms. The molecule has 2 N–H and O–H groups in total. The lowest BCUT2D eigenvalue weighted by Gasteiger charge is -2.37. The highest BCUT2D eigenvalue weighted by atomic mass is 15.2. The van der Waals surface area contributed by atoms with Crippen molar-refractivity contribution in [2.24, 2.45) is 0 Å². The SMILES string of the molecule is CNC(c1cccnc1)C(C)N1CCNCC1.